The van der Waals surface area contributed by atoms with Crippen LogP contribution in [0.15, 0.2) is 0 Å². The molecular formula is C38H62O3. The van der Waals surface area contributed by atoms with Crippen LogP contribution in [0.4, 0.5) is 0 Å². The second-order valence-corrected chi connectivity index (χ2v) is 19.9. The summed E-state index contributed by atoms with van der Waals surface area (Å²) in [5.41, 5.74) is 1.96. The first-order valence-electron chi connectivity index (χ1n) is 17.6. The number of carbonyl (C=O) groups excluding carboxylic acids is 1. The zero-order valence-corrected chi connectivity index (χ0v) is 28.5. The summed E-state index contributed by atoms with van der Waals surface area (Å²) in [5.74, 6) is 3.04. The summed E-state index contributed by atoms with van der Waals surface area (Å²) in [6.07, 6.45) is 13.7. The van der Waals surface area contributed by atoms with Crippen molar-refractivity contribution in [3.8, 4) is 0 Å². The van der Waals surface area contributed by atoms with Crippen molar-refractivity contribution in [2.24, 2.45) is 72.9 Å². The van der Waals surface area contributed by atoms with Gasteiger partial charge in [0.15, 0.2) is 0 Å². The first-order chi connectivity index (χ1) is 18.8. The molecule has 41 heavy (non-hydrogen) atoms. The summed E-state index contributed by atoms with van der Waals surface area (Å²) in [6, 6.07) is 0. The molecule has 7 aliphatic rings. The molecule has 10 atom stereocenters. The third kappa shape index (κ3) is 3.35. The predicted octanol–water partition coefficient (Wildman–Crippen LogP) is 9.47. The second kappa shape index (κ2) is 8.17. The molecule has 2 bridgehead atoms. The maximum absolute atomic E-state index is 13.5. The van der Waals surface area contributed by atoms with Gasteiger partial charge in [0.2, 0.25) is 0 Å². The summed E-state index contributed by atoms with van der Waals surface area (Å²) in [7, 11) is 0. The highest BCUT2D eigenvalue weighted by Gasteiger charge is 2.73. The first-order valence-corrected chi connectivity index (χ1v) is 17.6. The van der Waals surface area contributed by atoms with E-state index in [9.17, 15) is 4.79 Å². The SMILES string of the molecule is CC1(C)CCC23CCC4(C)C(CCC5C6(C)CCC(OC(=O)C7C(C)(C)C7(C)C)C(C)(C)C6CCC54C)C2C1OC3. The lowest BCUT2D eigenvalue weighted by molar-refractivity contribution is -0.254. The molecule has 1 saturated heterocycles. The second-order valence-electron chi connectivity index (χ2n) is 19.9. The average molecular weight is 567 g/mol. The molecule has 3 nitrogen and oxygen atoms in total. The molecule has 0 spiro atoms. The van der Waals surface area contributed by atoms with Crippen molar-refractivity contribution >= 4 is 5.97 Å². The Morgan fingerprint density at radius 2 is 1.34 bits per heavy atom. The molecule has 0 N–H and O–H groups in total. The minimum atomic E-state index is 0.0158. The third-order valence-electron chi connectivity index (χ3n) is 17.6. The summed E-state index contributed by atoms with van der Waals surface area (Å²) in [4.78, 5) is 13.5. The van der Waals surface area contributed by atoms with Gasteiger partial charge >= 0.3 is 5.97 Å². The van der Waals surface area contributed by atoms with Gasteiger partial charge in [-0.3, -0.25) is 4.79 Å². The number of carbonyl (C=O) groups is 1. The molecule has 1 aliphatic heterocycles. The molecule has 0 aromatic carbocycles. The Morgan fingerprint density at radius 1 is 0.683 bits per heavy atom. The van der Waals surface area contributed by atoms with E-state index >= 15 is 0 Å². The summed E-state index contributed by atoms with van der Waals surface area (Å²) in [6.45, 7) is 28.0. The van der Waals surface area contributed by atoms with Gasteiger partial charge in [-0.2, -0.15) is 0 Å². The van der Waals surface area contributed by atoms with Gasteiger partial charge in [0.25, 0.3) is 0 Å². The topological polar surface area (TPSA) is 35.5 Å². The van der Waals surface area contributed by atoms with Crippen molar-refractivity contribution in [3.05, 3.63) is 0 Å². The fourth-order valence-corrected chi connectivity index (χ4v) is 14.2. The van der Waals surface area contributed by atoms with Gasteiger partial charge in [-0.25, -0.2) is 0 Å². The van der Waals surface area contributed by atoms with Crippen molar-refractivity contribution in [1.82, 2.24) is 0 Å². The monoisotopic (exact) mass is 566 g/mol. The maximum Gasteiger partial charge on any atom is 0.310 e. The Bertz CT molecular complexity index is 1120. The van der Waals surface area contributed by atoms with E-state index < -0.39 is 0 Å². The molecule has 232 valence electrons. The van der Waals surface area contributed by atoms with Gasteiger partial charge in [-0.05, 0) is 126 Å². The van der Waals surface area contributed by atoms with Gasteiger partial charge < -0.3 is 9.47 Å². The number of rotatable bonds is 2. The molecule has 0 amide bonds. The van der Waals surface area contributed by atoms with E-state index in [0.717, 1.165) is 30.8 Å². The largest absolute Gasteiger partial charge is 0.462 e. The Balaban J connectivity index is 1.16. The van der Waals surface area contributed by atoms with Crippen LogP contribution >= 0.6 is 0 Å². The molecular weight excluding hydrogens is 504 g/mol. The highest BCUT2D eigenvalue weighted by molar-refractivity contribution is 5.79. The standard InChI is InChI=1S/C38H62O3/c1-31(2)18-20-38-21-19-36(10)23(27(38)29(31)40-22-38)12-13-25-35(9)16-15-26(32(3,4)24(35)14-17-37(25,36)11)41-30(39)28-33(5,6)34(28,7)8/h23-29H,12-22H2,1-11H3. The summed E-state index contributed by atoms with van der Waals surface area (Å²) >= 11 is 0. The van der Waals surface area contributed by atoms with E-state index in [4.69, 9.17) is 9.47 Å². The Kier molecular flexibility index (Phi) is 5.81. The van der Waals surface area contributed by atoms with Crippen LogP contribution in [0.5, 0.6) is 0 Å². The normalized spacial score (nSPS) is 53.7. The molecule has 7 rings (SSSR count). The van der Waals surface area contributed by atoms with E-state index in [2.05, 4.69) is 76.2 Å². The van der Waals surface area contributed by atoms with Crippen LogP contribution in [0, 0.1) is 72.9 Å². The van der Waals surface area contributed by atoms with Crippen LogP contribution in [-0.4, -0.2) is 24.8 Å². The third-order valence-corrected chi connectivity index (χ3v) is 17.6. The summed E-state index contributed by atoms with van der Waals surface area (Å²) in [5, 5.41) is 0. The molecule has 1 heterocycles. The van der Waals surface area contributed by atoms with E-state index in [1.54, 1.807) is 0 Å². The Hall–Kier alpha value is -0.570. The van der Waals surface area contributed by atoms with Crippen LogP contribution in [0.3, 0.4) is 0 Å². The molecule has 7 fully saturated rings. The van der Waals surface area contributed by atoms with Crippen molar-refractivity contribution in [2.75, 3.05) is 6.61 Å². The van der Waals surface area contributed by atoms with E-state index in [1.165, 1.54) is 57.8 Å². The highest BCUT2D eigenvalue weighted by Crippen LogP contribution is 2.78. The number of hydrogen-bond acceptors (Lipinski definition) is 3. The number of esters is 1. The van der Waals surface area contributed by atoms with Crippen LogP contribution < -0.4 is 0 Å². The average Bonchev–Trinajstić information content (AvgIpc) is 3.12. The van der Waals surface area contributed by atoms with Gasteiger partial charge in [0.1, 0.15) is 6.10 Å². The fourth-order valence-electron chi connectivity index (χ4n) is 14.2. The molecule has 6 saturated carbocycles. The smallest absolute Gasteiger partial charge is 0.310 e. The lowest BCUT2D eigenvalue weighted by Gasteiger charge is -2.73. The minimum absolute atomic E-state index is 0.0158. The summed E-state index contributed by atoms with van der Waals surface area (Å²) < 4.78 is 13.3. The van der Waals surface area contributed by atoms with Gasteiger partial charge in [0, 0.05) is 5.41 Å². The van der Waals surface area contributed by atoms with Crippen LogP contribution in [-0.2, 0) is 14.3 Å². The van der Waals surface area contributed by atoms with Crippen molar-refractivity contribution < 1.29 is 14.3 Å². The molecule has 0 radical (unpaired) electrons. The van der Waals surface area contributed by atoms with Gasteiger partial charge in [-0.1, -0.05) is 76.2 Å². The van der Waals surface area contributed by atoms with Gasteiger partial charge in [-0.15, -0.1) is 0 Å². The van der Waals surface area contributed by atoms with E-state index in [1.807, 2.05) is 0 Å². The van der Waals surface area contributed by atoms with Gasteiger partial charge in [0.05, 0.1) is 18.6 Å². The van der Waals surface area contributed by atoms with Crippen LogP contribution in [0.1, 0.15) is 140 Å². The first kappa shape index (κ1) is 29.2. The molecule has 6 aliphatic carbocycles. The molecule has 0 aromatic rings. The lowest BCUT2D eigenvalue weighted by atomic mass is 9.31. The predicted molar refractivity (Wildman–Crippen MR) is 165 cm³/mol. The minimum Gasteiger partial charge on any atom is -0.462 e. The zero-order valence-electron chi connectivity index (χ0n) is 28.5. The maximum atomic E-state index is 13.5. The molecule has 0 aromatic heterocycles. The van der Waals surface area contributed by atoms with Crippen molar-refractivity contribution in [1.29, 1.82) is 0 Å². The number of fused-ring (bicyclic) bond motifs is 5. The number of hydrogen-bond donors (Lipinski definition) is 0. The number of ether oxygens (including phenoxy) is 2. The van der Waals surface area contributed by atoms with Crippen LogP contribution in [0.2, 0.25) is 0 Å². The van der Waals surface area contributed by atoms with E-state index in [-0.39, 0.29) is 34.2 Å². The Labute approximate surface area is 252 Å². The Morgan fingerprint density at radius 3 is 2.00 bits per heavy atom. The van der Waals surface area contributed by atoms with Crippen LogP contribution in [0.25, 0.3) is 0 Å². The van der Waals surface area contributed by atoms with E-state index in [0.29, 0.717) is 39.1 Å². The van der Waals surface area contributed by atoms with Crippen molar-refractivity contribution in [2.45, 2.75) is 153 Å². The molecule has 10 unspecified atom stereocenters. The quantitative estimate of drug-likeness (QED) is 0.312. The van der Waals surface area contributed by atoms with Crippen molar-refractivity contribution in [3.63, 3.8) is 0 Å². The lowest BCUT2D eigenvalue weighted by Crippen LogP contribution is -2.68. The fraction of sp³-hybridized carbons (Fsp3) is 0.974. The highest BCUT2D eigenvalue weighted by atomic mass is 16.5. The molecule has 3 heteroatoms. The zero-order chi connectivity index (χ0) is 29.8.